The summed E-state index contributed by atoms with van der Waals surface area (Å²) < 4.78 is 6.32. The number of hydrogen-bond acceptors (Lipinski definition) is 2. The highest BCUT2D eigenvalue weighted by Gasteiger charge is 2.28. The lowest BCUT2D eigenvalue weighted by molar-refractivity contribution is 0.0618. The minimum atomic E-state index is 0.501. The molecular formula is C24H49NO. The van der Waals surface area contributed by atoms with Crippen molar-refractivity contribution in [1.82, 2.24) is 5.32 Å². The van der Waals surface area contributed by atoms with E-state index in [0.29, 0.717) is 12.0 Å². The maximum atomic E-state index is 6.32. The molecule has 2 unspecified atom stereocenters. The molecule has 0 aromatic rings. The van der Waals surface area contributed by atoms with E-state index >= 15 is 0 Å². The third-order valence-corrected chi connectivity index (χ3v) is 5.35. The second kappa shape index (κ2) is 17.9. The predicted molar refractivity (Wildman–Crippen MR) is 118 cm³/mol. The summed E-state index contributed by atoms with van der Waals surface area (Å²) in [5, 5.41) is 3.46. The van der Waals surface area contributed by atoms with Crippen LogP contribution in [0.3, 0.4) is 0 Å². The molecule has 0 aliphatic carbocycles. The molecule has 0 spiro atoms. The van der Waals surface area contributed by atoms with Crippen molar-refractivity contribution in [2.45, 2.75) is 125 Å². The van der Waals surface area contributed by atoms with Gasteiger partial charge in [0.25, 0.3) is 0 Å². The topological polar surface area (TPSA) is 21.3 Å². The molecule has 0 amide bonds. The molecule has 0 radical (unpaired) electrons. The molecule has 2 rings (SSSR count). The van der Waals surface area contributed by atoms with E-state index in [1.807, 2.05) is 13.8 Å². The average molecular weight is 368 g/mol. The van der Waals surface area contributed by atoms with Crippen molar-refractivity contribution < 1.29 is 4.74 Å². The van der Waals surface area contributed by atoms with Gasteiger partial charge >= 0.3 is 0 Å². The summed E-state index contributed by atoms with van der Waals surface area (Å²) in [6.45, 7) is 15.3. The monoisotopic (exact) mass is 367 g/mol. The zero-order chi connectivity index (χ0) is 19.6. The van der Waals surface area contributed by atoms with Crippen molar-refractivity contribution in [2.24, 2.45) is 5.92 Å². The summed E-state index contributed by atoms with van der Waals surface area (Å²) >= 11 is 0. The molecular weight excluding hydrogens is 318 g/mol. The molecule has 0 bridgehead atoms. The van der Waals surface area contributed by atoms with Crippen LogP contribution in [-0.4, -0.2) is 19.2 Å². The predicted octanol–water partition coefficient (Wildman–Crippen LogP) is 7.63. The van der Waals surface area contributed by atoms with Crippen LogP contribution in [0.1, 0.15) is 119 Å². The number of allylic oxidation sites excluding steroid dienone is 1. The first kappa shape index (κ1) is 25.5. The highest BCUT2D eigenvalue weighted by atomic mass is 16.5. The lowest BCUT2D eigenvalue weighted by Crippen LogP contribution is -2.24. The second-order valence-electron chi connectivity index (χ2n) is 7.49. The van der Waals surface area contributed by atoms with Gasteiger partial charge in [-0.25, -0.2) is 0 Å². The summed E-state index contributed by atoms with van der Waals surface area (Å²) in [7, 11) is 0. The Morgan fingerprint density at radius 3 is 2.04 bits per heavy atom. The van der Waals surface area contributed by atoms with Gasteiger partial charge < -0.3 is 10.1 Å². The van der Waals surface area contributed by atoms with E-state index in [-0.39, 0.29) is 0 Å². The third-order valence-electron chi connectivity index (χ3n) is 5.35. The molecule has 1 N–H and O–H groups in total. The van der Waals surface area contributed by atoms with Crippen LogP contribution < -0.4 is 5.32 Å². The SMILES string of the molecule is CC.CCCCC1CCC(CC)=C(C2CCNC2)O1.CCCCCCC. The third kappa shape index (κ3) is 10.6. The smallest absolute Gasteiger partial charge is 0.0999 e. The van der Waals surface area contributed by atoms with Crippen molar-refractivity contribution in [3.63, 3.8) is 0 Å². The number of unbranched alkanes of at least 4 members (excludes halogenated alkanes) is 5. The molecule has 2 nitrogen and oxygen atoms in total. The Morgan fingerprint density at radius 2 is 1.54 bits per heavy atom. The molecule has 0 saturated carbocycles. The second-order valence-corrected chi connectivity index (χ2v) is 7.49. The first-order valence-corrected chi connectivity index (χ1v) is 11.9. The van der Waals surface area contributed by atoms with Gasteiger partial charge in [0, 0.05) is 12.5 Å². The van der Waals surface area contributed by atoms with E-state index in [2.05, 4.69) is 33.0 Å². The zero-order valence-electron chi connectivity index (χ0n) is 19.0. The first-order valence-electron chi connectivity index (χ1n) is 11.9. The zero-order valence-corrected chi connectivity index (χ0v) is 19.0. The highest BCUT2D eigenvalue weighted by Crippen LogP contribution is 2.34. The Labute approximate surface area is 165 Å². The molecule has 2 heteroatoms. The van der Waals surface area contributed by atoms with Crippen molar-refractivity contribution in [1.29, 1.82) is 0 Å². The minimum Gasteiger partial charge on any atom is -0.494 e. The Kier molecular flexibility index (Phi) is 17.5. The molecule has 2 heterocycles. The van der Waals surface area contributed by atoms with Gasteiger partial charge in [-0.3, -0.25) is 0 Å². The highest BCUT2D eigenvalue weighted by molar-refractivity contribution is 5.16. The maximum absolute atomic E-state index is 6.32. The Bertz CT molecular complexity index is 327. The van der Waals surface area contributed by atoms with E-state index in [4.69, 9.17) is 4.74 Å². The molecule has 1 fully saturated rings. The first-order chi connectivity index (χ1) is 12.8. The molecule has 1 saturated heterocycles. The van der Waals surface area contributed by atoms with Crippen molar-refractivity contribution in [3.8, 4) is 0 Å². The fraction of sp³-hybridized carbons (Fsp3) is 0.917. The molecule has 0 aromatic heterocycles. The van der Waals surface area contributed by atoms with Crippen LogP contribution in [0.15, 0.2) is 11.3 Å². The van der Waals surface area contributed by atoms with Gasteiger partial charge in [-0.1, -0.05) is 86.5 Å². The number of rotatable bonds is 9. The molecule has 156 valence electrons. The van der Waals surface area contributed by atoms with E-state index in [1.165, 1.54) is 82.8 Å². The standard InChI is InChI=1S/C15H27NO.C7H16.C2H6/c1-3-5-6-14-8-7-12(4-2)15(17-14)13-9-10-16-11-13;1-3-5-7-6-4-2;1-2/h13-14,16H,3-11H2,1-2H3;3-7H2,1-2H3;1-2H3. The summed E-state index contributed by atoms with van der Waals surface area (Å²) in [5.74, 6) is 2.03. The Hall–Kier alpha value is -0.500. The van der Waals surface area contributed by atoms with E-state index in [9.17, 15) is 0 Å². The van der Waals surface area contributed by atoms with Crippen LogP contribution in [0, 0.1) is 5.92 Å². The van der Waals surface area contributed by atoms with Crippen LogP contribution in [0.4, 0.5) is 0 Å². The largest absolute Gasteiger partial charge is 0.494 e. The summed E-state index contributed by atoms with van der Waals surface area (Å²) in [4.78, 5) is 0. The lowest BCUT2D eigenvalue weighted by atomic mass is 9.92. The number of hydrogen-bond donors (Lipinski definition) is 1. The molecule has 0 aromatic carbocycles. The van der Waals surface area contributed by atoms with Gasteiger partial charge in [0.2, 0.25) is 0 Å². The van der Waals surface area contributed by atoms with Gasteiger partial charge in [0.15, 0.2) is 0 Å². The average Bonchev–Trinajstić information content (AvgIpc) is 3.23. The van der Waals surface area contributed by atoms with Crippen LogP contribution in [0.2, 0.25) is 0 Å². The Balaban J connectivity index is 0.000000589. The molecule has 2 aliphatic rings. The van der Waals surface area contributed by atoms with Gasteiger partial charge in [0.05, 0.1) is 11.9 Å². The van der Waals surface area contributed by atoms with Crippen LogP contribution in [0.5, 0.6) is 0 Å². The van der Waals surface area contributed by atoms with Crippen LogP contribution in [-0.2, 0) is 4.74 Å². The van der Waals surface area contributed by atoms with Crippen molar-refractivity contribution >= 4 is 0 Å². The Morgan fingerprint density at radius 1 is 0.885 bits per heavy atom. The normalized spacial score (nSPS) is 22.1. The van der Waals surface area contributed by atoms with Gasteiger partial charge in [-0.2, -0.15) is 0 Å². The maximum Gasteiger partial charge on any atom is 0.0999 e. The van der Waals surface area contributed by atoms with Crippen LogP contribution in [0.25, 0.3) is 0 Å². The quantitative estimate of drug-likeness (QED) is 0.423. The molecule has 2 atom stereocenters. The minimum absolute atomic E-state index is 0.501. The van der Waals surface area contributed by atoms with E-state index in [1.54, 1.807) is 5.57 Å². The van der Waals surface area contributed by atoms with Gasteiger partial charge in [-0.05, 0) is 44.2 Å². The van der Waals surface area contributed by atoms with E-state index < -0.39 is 0 Å². The van der Waals surface area contributed by atoms with Gasteiger partial charge in [0.1, 0.15) is 0 Å². The fourth-order valence-corrected chi connectivity index (χ4v) is 3.71. The fourth-order valence-electron chi connectivity index (χ4n) is 3.71. The van der Waals surface area contributed by atoms with Crippen LogP contribution >= 0.6 is 0 Å². The number of ether oxygens (including phenoxy) is 1. The lowest BCUT2D eigenvalue weighted by Gasteiger charge is -2.31. The summed E-state index contributed by atoms with van der Waals surface area (Å²) in [5.41, 5.74) is 1.59. The summed E-state index contributed by atoms with van der Waals surface area (Å²) in [6.07, 6.45) is 16.3. The molecule has 26 heavy (non-hydrogen) atoms. The van der Waals surface area contributed by atoms with E-state index in [0.717, 1.165) is 13.1 Å². The van der Waals surface area contributed by atoms with Crippen molar-refractivity contribution in [2.75, 3.05) is 13.1 Å². The summed E-state index contributed by atoms with van der Waals surface area (Å²) in [6, 6.07) is 0. The molecule has 2 aliphatic heterocycles. The van der Waals surface area contributed by atoms with Crippen molar-refractivity contribution in [3.05, 3.63) is 11.3 Å². The number of nitrogens with one attached hydrogen (secondary N) is 1. The van der Waals surface area contributed by atoms with Gasteiger partial charge in [-0.15, -0.1) is 0 Å².